The first-order valence-electron chi connectivity index (χ1n) is 9.31. The molecule has 2 aromatic carbocycles. The van der Waals surface area contributed by atoms with Crippen molar-refractivity contribution in [3.05, 3.63) is 72.4 Å². The Morgan fingerprint density at radius 3 is 2.72 bits per heavy atom. The lowest BCUT2D eigenvalue weighted by Crippen LogP contribution is -1.92. The van der Waals surface area contributed by atoms with Gasteiger partial charge < -0.3 is 9.84 Å². The maximum absolute atomic E-state index is 10.0. The summed E-state index contributed by atoms with van der Waals surface area (Å²) in [4.78, 5) is 10.7. The van der Waals surface area contributed by atoms with Crippen LogP contribution in [0.1, 0.15) is 12.5 Å². The summed E-state index contributed by atoms with van der Waals surface area (Å²) in [5, 5.41) is 10.0. The minimum atomic E-state index is 0.110. The van der Waals surface area contributed by atoms with Crippen molar-refractivity contribution in [3.63, 3.8) is 0 Å². The van der Waals surface area contributed by atoms with Crippen molar-refractivity contribution in [1.82, 2.24) is 9.38 Å². The number of aromatic hydroxyl groups is 1. The number of fused-ring (bicyclic) bond motifs is 1. The van der Waals surface area contributed by atoms with Gasteiger partial charge in [-0.1, -0.05) is 18.2 Å². The van der Waals surface area contributed by atoms with Gasteiger partial charge in [0.2, 0.25) is 0 Å². The molecule has 0 atom stereocenters. The minimum Gasteiger partial charge on any atom is -0.504 e. The molecule has 2 heterocycles. The Morgan fingerprint density at radius 2 is 1.97 bits per heavy atom. The van der Waals surface area contributed by atoms with E-state index < -0.39 is 0 Å². The molecule has 0 aliphatic rings. The number of phenols is 1. The number of nitrogens with zero attached hydrogens (tertiary/aromatic N) is 3. The van der Waals surface area contributed by atoms with Gasteiger partial charge in [-0.15, -0.1) is 11.8 Å². The molecule has 6 heteroatoms. The van der Waals surface area contributed by atoms with Crippen molar-refractivity contribution in [1.29, 1.82) is 0 Å². The van der Waals surface area contributed by atoms with Crippen molar-refractivity contribution in [2.24, 2.45) is 4.99 Å². The molecule has 0 radical (unpaired) electrons. The summed E-state index contributed by atoms with van der Waals surface area (Å²) in [5.41, 5.74) is 3.38. The molecule has 5 nitrogen and oxygen atoms in total. The lowest BCUT2D eigenvalue weighted by molar-refractivity contribution is 0.318. The summed E-state index contributed by atoms with van der Waals surface area (Å²) in [6.45, 7) is 2.36. The van der Waals surface area contributed by atoms with E-state index in [0.717, 1.165) is 28.3 Å². The second-order valence-electron chi connectivity index (χ2n) is 6.36. The molecule has 2 aromatic heterocycles. The number of phenolic OH excluding ortho intramolecular Hbond substituents is 1. The van der Waals surface area contributed by atoms with Crippen LogP contribution < -0.4 is 4.74 Å². The van der Waals surface area contributed by atoms with Gasteiger partial charge >= 0.3 is 0 Å². The van der Waals surface area contributed by atoms with Gasteiger partial charge in [0.25, 0.3) is 0 Å². The van der Waals surface area contributed by atoms with Gasteiger partial charge in [-0.3, -0.25) is 4.40 Å². The van der Waals surface area contributed by atoms with Crippen LogP contribution in [0.25, 0.3) is 16.9 Å². The third kappa shape index (κ3) is 3.98. The molecule has 0 unspecified atom stereocenters. The van der Waals surface area contributed by atoms with Crippen molar-refractivity contribution in [3.8, 4) is 22.8 Å². The lowest BCUT2D eigenvalue weighted by atomic mass is 10.1. The van der Waals surface area contributed by atoms with Gasteiger partial charge in [-0.05, 0) is 61.2 Å². The Hall–Kier alpha value is -3.25. The average Bonchev–Trinajstić information content (AvgIpc) is 3.13. The van der Waals surface area contributed by atoms with E-state index in [1.54, 1.807) is 23.9 Å². The summed E-state index contributed by atoms with van der Waals surface area (Å²) in [6.07, 6.45) is 5.84. The van der Waals surface area contributed by atoms with E-state index in [2.05, 4.69) is 18.4 Å². The molecular weight excluding hydrogens is 382 g/mol. The van der Waals surface area contributed by atoms with Crippen LogP contribution in [0.3, 0.4) is 0 Å². The number of benzene rings is 2. The number of thioether (sulfide) groups is 1. The molecule has 0 spiro atoms. The van der Waals surface area contributed by atoms with E-state index in [4.69, 9.17) is 14.7 Å². The quantitative estimate of drug-likeness (QED) is 0.337. The number of hydrogen-bond acceptors (Lipinski definition) is 5. The summed E-state index contributed by atoms with van der Waals surface area (Å²) < 4.78 is 7.49. The Kier molecular flexibility index (Phi) is 5.53. The summed E-state index contributed by atoms with van der Waals surface area (Å²) >= 11 is 1.71. The monoisotopic (exact) mass is 403 g/mol. The predicted octanol–water partition coefficient (Wildman–Crippen LogP) is 5.58. The van der Waals surface area contributed by atoms with E-state index in [-0.39, 0.29) is 5.75 Å². The van der Waals surface area contributed by atoms with Gasteiger partial charge in [0.1, 0.15) is 11.3 Å². The molecule has 0 saturated heterocycles. The fourth-order valence-electron chi connectivity index (χ4n) is 3.06. The van der Waals surface area contributed by atoms with Gasteiger partial charge in [0.05, 0.1) is 6.61 Å². The van der Waals surface area contributed by atoms with Crippen LogP contribution in [0.15, 0.2) is 76.7 Å². The van der Waals surface area contributed by atoms with Gasteiger partial charge in [-0.2, -0.15) is 0 Å². The summed E-state index contributed by atoms with van der Waals surface area (Å²) in [7, 11) is 0. The number of aromatic nitrogens is 2. The fourth-order valence-corrected chi connectivity index (χ4v) is 3.47. The van der Waals surface area contributed by atoms with E-state index in [9.17, 15) is 5.11 Å². The number of hydrogen-bond donors (Lipinski definition) is 1. The highest BCUT2D eigenvalue weighted by molar-refractivity contribution is 7.98. The maximum atomic E-state index is 10.0. The van der Waals surface area contributed by atoms with Crippen LogP contribution in [0, 0.1) is 0 Å². The molecule has 0 bridgehead atoms. The standard InChI is InChI=1S/C23H21N3O2S/c1-3-28-20-14-17(9-12-19(20)27)22-23(26-13-5-4-6-21(26)25-22)24-15-16-7-10-18(29-2)11-8-16/h4-15,27H,3H2,1-2H3. The molecule has 0 saturated carbocycles. The Labute approximate surface area is 173 Å². The minimum absolute atomic E-state index is 0.110. The second kappa shape index (κ2) is 8.41. The molecular formula is C23H21N3O2S. The first-order valence-corrected chi connectivity index (χ1v) is 10.5. The number of imidazole rings is 1. The number of aliphatic imine (C=N–C) groups is 1. The zero-order chi connectivity index (χ0) is 20.2. The van der Waals surface area contributed by atoms with Crippen LogP contribution in [-0.2, 0) is 0 Å². The summed E-state index contributed by atoms with van der Waals surface area (Å²) in [6, 6.07) is 19.3. The van der Waals surface area contributed by atoms with Crippen molar-refractivity contribution in [2.45, 2.75) is 11.8 Å². The maximum Gasteiger partial charge on any atom is 0.165 e. The van der Waals surface area contributed by atoms with E-state index in [0.29, 0.717) is 12.4 Å². The molecule has 29 heavy (non-hydrogen) atoms. The van der Waals surface area contributed by atoms with Gasteiger partial charge in [-0.25, -0.2) is 9.98 Å². The molecule has 4 aromatic rings. The SMILES string of the molecule is CCOc1cc(-c2nc3ccccn3c2N=Cc2ccc(SC)cc2)ccc1O. The highest BCUT2D eigenvalue weighted by Crippen LogP contribution is 2.36. The van der Waals surface area contributed by atoms with E-state index >= 15 is 0 Å². The zero-order valence-corrected chi connectivity index (χ0v) is 17.1. The smallest absolute Gasteiger partial charge is 0.165 e. The van der Waals surface area contributed by atoms with Crippen molar-refractivity contribution in [2.75, 3.05) is 12.9 Å². The topological polar surface area (TPSA) is 59.1 Å². The highest BCUT2D eigenvalue weighted by Gasteiger charge is 2.15. The van der Waals surface area contributed by atoms with Crippen LogP contribution in [-0.4, -0.2) is 33.6 Å². The second-order valence-corrected chi connectivity index (χ2v) is 7.24. The van der Waals surface area contributed by atoms with Crippen LogP contribution >= 0.6 is 11.8 Å². The van der Waals surface area contributed by atoms with Crippen LogP contribution in [0.5, 0.6) is 11.5 Å². The molecule has 1 N–H and O–H groups in total. The van der Waals surface area contributed by atoms with Crippen LogP contribution in [0.2, 0.25) is 0 Å². The predicted molar refractivity (Wildman–Crippen MR) is 119 cm³/mol. The van der Waals surface area contributed by atoms with Crippen molar-refractivity contribution >= 4 is 29.4 Å². The van der Waals surface area contributed by atoms with E-state index in [1.165, 1.54) is 4.90 Å². The first kappa shape index (κ1) is 19.1. The zero-order valence-electron chi connectivity index (χ0n) is 16.2. The largest absolute Gasteiger partial charge is 0.504 e. The lowest BCUT2D eigenvalue weighted by Gasteiger charge is -2.07. The normalized spacial score (nSPS) is 11.4. The third-order valence-electron chi connectivity index (χ3n) is 4.49. The average molecular weight is 404 g/mol. The highest BCUT2D eigenvalue weighted by atomic mass is 32.2. The fraction of sp³-hybridized carbons (Fsp3) is 0.130. The third-order valence-corrected chi connectivity index (χ3v) is 5.23. The number of pyridine rings is 1. The molecule has 4 rings (SSSR count). The molecule has 0 aliphatic carbocycles. The van der Waals surface area contributed by atoms with Crippen molar-refractivity contribution < 1.29 is 9.84 Å². The molecule has 0 amide bonds. The molecule has 0 aliphatic heterocycles. The number of ether oxygens (including phenoxy) is 1. The Morgan fingerprint density at radius 1 is 1.14 bits per heavy atom. The molecule has 0 fully saturated rings. The Bertz CT molecular complexity index is 1170. The van der Waals surface area contributed by atoms with Gasteiger partial charge in [0.15, 0.2) is 17.3 Å². The van der Waals surface area contributed by atoms with Crippen LogP contribution in [0.4, 0.5) is 5.82 Å². The van der Waals surface area contributed by atoms with Gasteiger partial charge in [0, 0.05) is 22.9 Å². The van der Waals surface area contributed by atoms with E-state index in [1.807, 2.05) is 60.1 Å². The summed E-state index contributed by atoms with van der Waals surface area (Å²) in [5.74, 6) is 1.27. The first-order chi connectivity index (χ1) is 14.2. The molecule has 146 valence electrons. The number of rotatable bonds is 6. The Balaban J connectivity index is 1.80.